The zero-order chi connectivity index (χ0) is 48.9. The van der Waals surface area contributed by atoms with E-state index in [2.05, 4.69) is 251 Å². The van der Waals surface area contributed by atoms with Crippen molar-refractivity contribution in [1.29, 1.82) is 0 Å². The molecule has 2 aliphatic heterocycles. The van der Waals surface area contributed by atoms with Gasteiger partial charge >= 0.3 is 0 Å². The zero-order valence-corrected chi connectivity index (χ0v) is 42.3. The smallest absolute Gasteiger partial charge is 0.0502 e. The van der Waals surface area contributed by atoms with Gasteiger partial charge in [-0.15, -0.1) is 6.58 Å². The summed E-state index contributed by atoms with van der Waals surface area (Å²) in [5, 5.41) is 5.06. The van der Waals surface area contributed by atoms with Gasteiger partial charge in [0.05, 0.1) is 11.4 Å². The monoisotopic (exact) mass is 930 g/mol. The molecule has 72 heavy (non-hydrogen) atoms. The van der Waals surface area contributed by atoms with Crippen LogP contribution in [0.5, 0.6) is 0 Å². The lowest BCUT2D eigenvalue weighted by atomic mass is 9.73. The quantitative estimate of drug-likeness (QED) is 0.111. The van der Waals surface area contributed by atoms with Crippen molar-refractivity contribution in [2.24, 2.45) is 11.8 Å². The van der Waals surface area contributed by atoms with Crippen molar-refractivity contribution in [3.63, 3.8) is 0 Å². The maximum absolute atomic E-state index is 4.18. The third-order valence-electron chi connectivity index (χ3n) is 17.0. The van der Waals surface area contributed by atoms with Gasteiger partial charge in [-0.05, 0) is 192 Å². The number of hydrogen-bond donors (Lipinski definition) is 0. The third-order valence-corrected chi connectivity index (χ3v) is 17.0. The first-order valence-corrected chi connectivity index (χ1v) is 26.3. The summed E-state index contributed by atoms with van der Waals surface area (Å²) in [6.07, 6.45) is 16.0. The van der Waals surface area contributed by atoms with Gasteiger partial charge in [0.15, 0.2) is 0 Å². The first-order chi connectivity index (χ1) is 35.0. The summed E-state index contributed by atoms with van der Waals surface area (Å²) in [6, 6.07) is 64.7. The molecule has 352 valence electrons. The SMILES string of the molecule is C=CC(C)Cc1cc2c(cc1C=CC1C=Cc3cc(-c4ccc5c(ccc6cc(N7c8ccccc8C(C)(C)c8ccccc87)ccc65)c4)ccc3C1)C(C)(C)c1cc(N3CCCc4ccccc43)ccc1-2. The number of benzene rings is 9. The summed E-state index contributed by atoms with van der Waals surface area (Å²) < 4.78 is 0. The summed E-state index contributed by atoms with van der Waals surface area (Å²) in [7, 11) is 0. The van der Waals surface area contributed by atoms with Crippen LogP contribution in [-0.2, 0) is 30.1 Å². The summed E-state index contributed by atoms with van der Waals surface area (Å²) in [5.74, 6) is 0.703. The fraction of sp³-hybridized carbons (Fsp3) is 0.200. The van der Waals surface area contributed by atoms with E-state index in [1.807, 2.05) is 0 Å². The Balaban J connectivity index is 0.758. The molecule has 0 amide bonds. The van der Waals surface area contributed by atoms with E-state index < -0.39 is 0 Å². The Bertz CT molecular complexity index is 3700. The van der Waals surface area contributed by atoms with Crippen molar-refractivity contribution in [2.75, 3.05) is 16.3 Å². The van der Waals surface area contributed by atoms with Crippen LogP contribution in [0.4, 0.5) is 28.4 Å². The normalized spacial score (nSPS) is 17.3. The van der Waals surface area contributed by atoms with E-state index in [4.69, 9.17) is 0 Å². The van der Waals surface area contributed by atoms with Crippen LogP contribution in [-0.4, -0.2) is 6.54 Å². The van der Waals surface area contributed by atoms with E-state index >= 15 is 0 Å². The minimum atomic E-state index is -0.113. The molecule has 9 aromatic carbocycles. The van der Waals surface area contributed by atoms with Crippen molar-refractivity contribution in [3.8, 4) is 22.3 Å². The van der Waals surface area contributed by atoms with Crippen LogP contribution >= 0.6 is 0 Å². The summed E-state index contributed by atoms with van der Waals surface area (Å²) in [5.41, 5.74) is 23.9. The van der Waals surface area contributed by atoms with Gasteiger partial charge in [0.1, 0.15) is 0 Å². The number of para-hydroxylation sites is 3. The number of allylic oxidation sites excluding steroid dienone is 3. The van der Waals surface area contributed by atoms with Crippen LogP contribution in [0.25, 0.3) is 56.0 Å². The molecule has 0 fully saturated rings. The van der Waals surface area contributed by atoms with Crippen molar-refractivity contribution < 1.29 is 0 Å². The van der Waals surface area contributed by atoms with E-state index in [0.717, 1.165) is 25.8 Å². The second kappa shape index (κ2) is 17.0. The number of anilines is 5. The van der Waals surface area contributed by atoms with Crippen molar-refractivity contribution in [2.45, 2.75) is 71.1 Å². The molecule has 0 radical (unpaired) electrons. The van der Waals surface area contributed by atoms with E-state index in [-0.39, 0.29) is 10.8 Å². The Morgan fingerprint density at radius 2 is 1.25 bits per heavy atom. The molecule has 0 spiro atoms. The average Bonchev–Trinajstić information content (AvgIpc) is 3.63. The molecule has 2 heteroatoms. The molecule has 0 aromatic heterocycles. The molecule has 2 atom stereocenters. The van der Waals surface area contributed by atoms with Crippen LogP contribution in [0, 0.1) is 11.8 Å². The lowest BCUT2D eigenvalue weighted by molar-refractivity contribution is 0.632. The van der Waals surface area contributed by atoms with E-state index in [1.54, 1.807) is 0 Å². The minimum Gasteiger partial charge on any atom is -0.341 e. The van der Waals surface area contributed by atoms with E-state index in [9.17, 15) is 0 Å². The minimum absolute atomic E-state index is 0.0816. The molecule has 0 N–H and O–H groups in total. The van der Waals surface area contributed by atoms with Crippen LogP contribution in [0.15, 0.2) is 195 Å². The van der Waals surface area contributed by atoms with Gasteiger partial charge in [0, 0.05) is 34.4 Å². The molecule has 2 unspecified atom stereocenters. The topological polar surface area (TPSA) is 6.48 Å². The maximum atomic E-state index is 4.18. The van der Waals surface area contributed by atoms with Crippen LogP contribution in [0.2, 0.25) is 0 Å². The number of nitrogens with zero attached hydrogens (tertiary/aromatic N) is 2. The molecule has 0 bridgehead atoms. The zero-order valence-electron chi connectivity index (χ0n) is 42.3. The molecule has 2 heterocycles. The first-order valence-electron chi connectivity index (χ1n) is 26.3. The van der Waals surface area contributed by atoms with Gasteiger partial charge in [0.2, 0.25) is 0 Å². The van der Waals surface area contributed by atoms with E-state index in [1.165, 1.54) is 129 Å². The highest BCUT2D eigenvalue weighted by molar-refractivity contribution is 6.10. The van der Waals surface area contributed by atoms with Gasteiger partial charge in [0.25, 0.3) is 0 Å². The first kappa shape index (κ1) is 44.3. The molecule has 9 aromatic rings. The molecule has 2 aliphatic carbocycles. The Morgan fingerprint density at radius 1 is 0.597 bits per heavy atom. The van der Waals surface area contributed by atoms with Crippen molar-refractivity contribution >= 4 is 62.1 Å². The summed E-state index contributed by atoms with van der Waals surface area (Å²) in [4.78, 5) is 4.99. The molecule has 13 rings (SSSR count). The lowest BCUT2D eigenvalue weighted by Gasteiger charge is -2.42. The van der Waals surface area contributed by atoms with Crippen molar-refractivity contribution in [1.82, 2.24) is 0 Å². The highest BCUT2D eigenvalue weighted by Crippen LogP contribution is 2.53. The van der Waals surface area contributed by atoms with Gasteiger partial charge < -0.3 is 9.80 Å². The van der Waals surface area contributed by atoms with E-state index in [0.29, 0.717) is 11.8 Å². The Kier molecular flexibility index (Phi) is 10.4. The second-order valence-electron chi connectivity index (χ2n) is 22.2. The standard InChI is InChI=1S/C70H62N2/c1-7-45(2)37-55-42-61-60-35-31-56(71-36-14-16-47-15-8-11-19-66(47)71)44-65(60)70(5,6)64(61)43-52(55)25-23-46-22-24-49-39-50(27-26-48(49)38-46)51-30-33-58-53(40-51)28-29-54-41-57(32-34-59(54)58)72-67-20-12-9-17-62(67)69(3,4)63-18-10-13-21-68(63)72/h7-13,15,17-35,39-46H,1,14,16,36-38H2,2-6H3. The highest BCUT2D eigenvalue weighted by Gasteiger charge is 2.38. The molecular formula is C70H62N2. The molecular weight excluding hydrogens is 869 g/mol. The number of aryl methyl sites for hydroxylation is 1. The van der Waals surface area contributed by atoms with Gasteiger partial charge in [-0.25, -0.2) is 0 Å². The molecule has 2 nitrogen and oxygen atoms in total. The molecule has 0 saturated carbocycles. The van der Waals surface area contributed by atoms with Crippen LogP contribution in [0.1, 0.15) is 91.1 Å². The van der Waals surface area contributed by atoms with Gasteiger partial charge in [-0.1, -0.05) is 174 Å². The average molecular weight is 931 g/mol. The Hall–Kier alpha value is -7.68. The fourth-order valence-electron chi connectivity index (χ4n) is 12.9. The maximum Gasteiger partial charge on any atom is 0.0502 e. The second-order valence-corrected chi connectivity index (χ2v) is 22.2. The predicted molar refractivity (Wildman–Crippen MR) is 308 cm³/mol. The fourth-order valence-corrected chi connectivity index (χ4v) is 12.9. The molecule has 4 aliphatic rings. The summed E-state index contributed by atoms with van der Waals surface area (Å²) in [6.45, 7) is 17.0. The number of hydrogen-bond acceptors (Lipinski definition) is 2. The van der Waals surface area contributed by atoms with Crippen LogP contribution in [0.3, 0.4) is 0 Å². The predicted octanol–water partition coefficient (Wildman–Crippen LogP) is 18.4. The largest absolute Gasteiger partial charge is 0.341 e. The molecule has 0 saturated heterocycles. The van der Waals surface area contributed by atoms with Gasteiger partial charge in [-0.3, -0.25) is 0 Å². The van der Waals surface area contributed by atoms with Crippen LogP contribution < -0.4 is 9.80 Å². The lowest BCUT2D eigenvalue weighted by Crippen LogP contribution is -2.30. The Morgan fingerprint density at radius 3 is 2.03 bits per heavy atom. The number of fused-ring (bicyclic) bond motifs is 10. The van der Waals surface area contributed by atoms with Crippen molar-refractivity contribution in [3.05, 3.63) is 245 Å². The highest BCUT2D eigenvalue weighted by atomic mass is 15.2. The number of rotatable bonds is 8. The summed E-state index contributed by atoms with van der Waals surface area (Å²) >= 11 is 0. The van der Waals surface area contributed by atoms with Gasteiger partial charge in [-0.2, -0.15) is 0 Å². The third kappa shape index (κ3) is 7.21. The Labute approximate surface area is 426 Å².